The summed E-state index contributed by atoms with van der Waals surface area (Å²) in [5, 5.41) is 12.0. The van der Waals surface area contributed by atoms with Gasteiger partial charge in [0.1, 0.15) is 5.75 Å². The van der Waals surface area contributed by atoms with Crippen molar-refractivity contribution in [3.05, 3.63) is 23.9 Å². The van der Waals surface area contributed by atoms with E-state index in [4.69, 9.17) is 9.47 Å². The number of hydrogen-bond donors (Lipinski definition) is 2. The smallest absolute Gasteiger partial charge is 0.123 e. The van der Waals surface area contributed by atoms with Gasteiger partial charge in [-0.3, -0.25) is 5.10 Å². The molecule has 1 saturated heterocycles. The normalized spacial score (nSPS) is 27.6. The minimum atomic E-state index is 0.328. The minimum absolute atomic E-state index is 0.328. The summed E-state index contributed by atoms with van der Waals surface area (Å²) in [7, 11) is 0. The molecule has 0 bridgehead atoms. The van der Waals surface area contributed by atoms with Gasteiger partial charge < -0.3 is 14.8 Å². The summed E-state index contributed by atoms with van der Waals surface area (Å²) in [4.78, 5) is 0. The van der Waals surface area contributed by atoms with Crippen molar-refractivity contribution in [1.82, 2.24) is 15.5 Å². The van der Waals surface area contributed by atoms with E-state index in [-0.39, 0.29) is 0 Å². The lowest BCUT2D eigenvalue weighted by molar-refractivity contribution is 0.0985. The molecule has 1 aliphatic carbocycles. The lowest BCUT2D eigenvalue weighted by Crippen LogP contribution is -2.39. The molecule has 5 nitrogen and oxygen atoms in total. The number of benzene rings is 1. The van der Waals surface area contributed by atoms with Crippen LogP contribution in [0.2, 0.25) is 0 Å². The molecule has 1 aliphatic heterocycles. The number of aromatic nitrogens is 2. The Morgan fingerprint density at radius 3 is 2.92 bits per heavy atom. The Bertz CT molecular complexity index is 670. The lowest BCUT2D eigenvalue weighted by Gasteiger charge is -2.30. The summed E-state index contributed by atoms with van der Waals surface area (Å²) < 4.78 is 12.0. The molecule has 2 aromatic rings. The van der Waals surface area contributed by atoms with E-state index >= 15 is 0 Å². The predicted octanol–water partition coefficient (Wildman–Crippen LogP) is 3.33. The number of hydrogen-bond acceptors (Lipinski definition) is 4. The fourth-order valence-electron chi connectivity index (χ4n) is 3.93. The largest absolute Gasteiger partial charge is 0.490 e. The predicted molar refractivity (Wildman–Crippen MR) is 94.5 cm³/mol. The van der Waals surface area contributed by atoms with Gasteiger partial charge >= 0.3 is 0 Å². The highest BCUT2D eigenvalue weighted by atomic mass is 16.5. The number of H-pyrrole nitrogens is 1. The Balaban J connectivity index is 1.28. The average Bonchev–Trinajstić information content (AvgIpc) is 3.28. The van der Waals surface area contributed by atoms with E-state index in [0.717, 1.165) is 42.6 Å². The van der Waals surface area contributed by atoms with Crippen molar-refractivity contribution in [2.24, 2.45) is 0 Å². The molecule has 2 aliphatic rings. The molecule has 1 atom stereocenters. The fourth-order valence-corrected chi connectivity index (χ4v) is 3.93. The average molecular weight is 329 g/mol. The van der Waals surface area contributed by atoms with Gasteiger partial charge in [0.05, 0.1) is 23.9 Å². The zero-order valence-electron chi connectivity index (χ0n) is 14.4. The SMILES string of the molecule is Cc1c(O[C@H]2CC[C@H](NCC3CCCO3)CC2)ccc2[nH]ncc12. The second kappa shape index (κ2) is 7.11. The first kappa shape index (κ1) is 15.9. The first-order valence-electron chi connectivity index (χ1n) is 9.24. The fraction of sp³-hybridized carbons (Fsp3) is 0.632. The van der Waals surface area contributed by atoms with Gasteiger partial charge in [0, 0.05) is 30.1 Å². The Morgan fingerprint density at radius 2 is 2.12 bits per heavy atom. The van der Waals surface area contributed by atoms with E-state index in [1.165, 1.54) is 31.2 Å². The molecule has 1 aromatic carbocycles. The van der Waals surface area contributed by atoms with Crippen LogP contribution in [0.1, 0.15) is 44.1 Å². The molecule has 0 amide bonds. The third kappa shape index (κ3) is 3.42. The summed E-state index contributed by atoms with van der Waals surface area (Å²) in [5.74, 6) is 1.000. The van der Waals surface area contributed by atoms with E-state index in [1.807, 2.05) is 6.20 Å². The molecular weight excluding hydrogens is 302 g/mol. The van der Waals surface area contributed by atoms with Crippen molar-refractivity contribution in [2.75, 3.05) is 13.2 Å². The zero-order valence-corrected chi connectivity index (χ0v) is 14.4. The highest BCUT2D eigenvalue weighted by Crippen LogP contribution is 2.30. The van der Waals surface area contributed by atoms with E-state index in [2.05, 4.69) is 34.6 Å². The maximum atomic E-state index is 6.30. The molecule has 0 radical (unpaired) electrons. The summed E-state index contributed by atoms with van der Waals surface area (Å²) in [6.07, 6.45) is 9.67. The number of aryl methyl sites for hydroxylation is 1. The molecule has 2 heterocycles. The molecule has 1 saturated carbocycles. The van der Waals surface area contributed by atoms with Crippen molar-refractivity contribution in [1.29, 1.82) is 0 Å². The van der Waals surface area contributed by atoms with Gasteiger partial charge in [0.25, 0.3) is 0 Å². The van der Waals surface area contributed by atoms with Crippen LogP contribution in [0, 0.1) is 6.92 Å². The number of rotatable bonds is 5. The van der Waals surface area contributed by atoms with Crippen LogP contribution >= 0.6 is 0 Å². The number of ether oxygens (including phenoxy) is 2. The summed E-state index contributed by atoms with van der Waals surface area (Å²) in [5.41, 5.74) is 2.25. The van der Waals surface area contributed by atoms with Crippen LogP contribution in [0.4, 0.5) is 0 Å². The van der Waals surface area contributed by atoms with E-state index in [9.17, 15) is 0 Å². The molecule has 4 rings (SSSR count). The van der Waals surface area contributed by atoms with Crippen molar-refractivity contribution < 1.29 is 9.47 Å². The van der Waals surface area contributed by atoms with Crippen LogP contribution in [0.5, 0.6) is 5.75 Å². The lowest BCUT2D eigenvalue weighted by atomic mass is 9.92. The second-order valence-electron chi connectivity index (χ2n) is 7.15. The number of fused-ring (bicyclic) bond motifs is 1. The Morgan fingerprint density at radius 1 is 1.25 bits per heavy atom. The van der Waals surface area contributed by atoms with Gasteiger partial charge in [0.2, 0.25) is 0 Å². The first-order valence-corrected chi connectivity index (χ1v) is 9.24. The molecular formula is C19H27N3O2. The number of nitrogens with zero attached hydrogens (tertiary/aromatic N) is 1. The topological polar surface area (TPSA) is 59.2 Å². The maximum absolute atomic E-state index is 6.30. The van der Waals surface area contributed by atoms with Gasteiger partial charge in [-0.25, -0.2) is 0 Å². The van der Waals surface area contributed by atoms with Gasteiger partial charge in [-0.05, 0) is 57.6 Å². The highest BCUT2D eigenvalue weighted by molar-refractivity contribution is 5.83. The van der Waals surface area contributed by atoms with E-state index in [0.29, 0.717) is 18.2 Å². The maximum Gasteiger partial charge on any atom is 0.123 e. The van der Waals surface area contributed by atoms with Crippen molar-refractivity contribution in [2.45, 2.75) is 63.7 Å². The summed E-state index contributed by atoms with van der Waals surface area (Å²) in [6.45, 7) is 4.06. The Labute approximate surface area is 143 Å². The standard InChI is InChI=1S/C19H27N3O2/c1-13-17-12-21-22-18(17)8-9-19(13)24-15-6-4-14(5-7-15)20-11-16-3-2-10-23-16/h8-9,12,14-16,20H,2-7,10-11H2,1H3,(H,21,22)/t14-,15-,16?. The van der Waals surface area contributed by atoms with Gasteiger partial charge in [0.15, 0.2) is 0 Å². The van der Waals surface area contributed by atoms with Crippen LogP contribution in [-0.4, -0.2) is 41.6 Å². The van der Waals surface area contributed by atoms with E-state index in [1.54, 1.807) is 0 Å². The van der Waals surface area contributed by atoms with Crippen LogP contribution in [-0.2, 0) is 4.74 Å². The molecule has 0 spiro atoms. The third-order valence-corrected chi connectivity index (χ3v) is 5.47. The Hall–Kier alpha value is -1.59. The van der Waals surface area contributed by atoms with Gasteiger partial charge in [-0.1, -0.05) is 0 Å². The highest BCUT2D eigenvalue weighted by Gasteiger charge is 2.24. The molecule has 2 N–H and O–H groups in total. The molecule has 130 valence electrons. The first-order chi connectivity index (χ1) is 11.8. The van der Waals surface area contributed by atoms with E-state index < -0.39 is 0 Å². The molecule has 24 heavy (non-hydrogen) atoms. The summed E-state index contributed by atoms with van der Waals surface area (Å²) in [6, 6.07) is 4.74. The number of aromatic amines is 1. The Kier molecular flexibility index (Phi) is 4.72. The monoisotopic (exact) mass is 329 g/mol. The second-order valence-corrected chi connectivity index (χ2v) is 7.15. The molecule has 2 fully saturated rings. The van der Waals surface area contributed by atoms with Crippen LogP contribution in [0.3, 0.4) is 0 Å². The molecule has 1 unspecified atom stereocenters. The van der Waals surface area contributed by atoms with Crippen LogP contribution in [0.25, 0.3) is 10.9 Å². The van der Waals surface area contributed by atoms with Crippen molar-refractivity contribution in [3.8, 4) is 5.75 Å². The summed E-state index contributed by atoms with van der Waals surface area (Å²) >= 11 is 0. The van der Waals surface area contributed by atoms with Crippen LogP contribution in [0.15, 0.2) is 18.3 Å². The zero-order chi connectivity index (χ0) is 16.4. The van der Waals surface area contributed by atoms with Crippen LogP contribution < -0.4 is 10.1 Å². The minimum Gasteiger partial charge on any atom is -0.490 e. The van der Waals surface area contributed by atoms with Gasteiger partial charge in [-0.15, -0.1) is 0 Å². The van der Waals surface area contributed by atoms with Crippen molar-refractivity contribution in [3.63, 3.8) is 0 Å². The third-order valence-electron chi connectivity index (χ3n) is 5.47. The van der Waals surface area contributed by atoms with Crippen molar-refractivity contribution >= 4 is 10.9 Å². The molecule has 1 aromatic heterocycles. The molecule has 5 heteroatoms. The quantitative estimate of drug-likeness (QED) is 0.883. The number of nitrogens with one attached hydrogen (secondary N) is 2. The van der Waals surface area contributed by atoms with Gasteiger partial charge in [-0.2, -0.15) is 5.10 Å².